The lowest BCUT2D eigenvalue weighted by atomic mass is 10.2. The topological polar surface area (TPSA) is 72.0 Å². The van der Waals surface area contributed by atoms with Gasteiger partial charge in [0, 0.05) is 5.69 Å². The van der Waals surface area contributed by atoms with Crippen LogP contribution in [0.15, 0.2) is 59.7 Å². The fourth-order valence-corrected chi connectivity index (χ4v) is 2.18. The van der Waals surface area contributed by atoms with E-state index in [9.17, 15) is 4.79 Å². The van der Waals surface area contributed by atoms with Crippen LogP contribution in [0.5, 0.6) is 5.75 Å². The first kappa shape index (κ1) is 20.4. The molecule has 0 amide bonds. The summed E-state index contributed by atoms with van der Waals surface area (Å²) in [6.07, 6.45) is 1.64. The number of esters is 1. The Labute approximate surface area is 164 Å². The number of benzene rings is 2. The van der Waals surface area contributed by atoms with Gasteiger partial charge < -0.3 is 14.8 Å². The molecule has 2 N–H and O–H groups in total. The molecular formula is C20H23N3O3S. The van der Waals surface area contributed by atoms with Gasteiger partial charge in [0.15, 0.2) is 11.7 Å². The first-order valence-corrected chi connectivity index (χ1v) is 8.82. The number of carbonyl (C=O) groups is 1. The molecule has 0 radical (unpaired) electrons. The van der Waals surface area contributed by atoms with E-state index in [1.807, 2.05) is 63.2 Å². The number of hydrogen-bond donors (Lipinski definition) is 2. The molecule has 0 heterocycles. The molecule has 0 saturated heterocycles. The number of hydrazone groups is 1. The van der Waals surface area contributed by atoms with Crippen LogP contribution in [0.1, 0.15) is 26.3 Å². The summed E-state index contributed by atoms with van der Waals surface area (Å²) in [4.78, 5) is 11.6. The van der Waals surface area contributed by atoms with Crippen molar-refractivity contribution in [2.24, 2.45) is 5.10 Å². The standard InChI is InChI=1S/C20H23N3O3S/c1-20(2,3)26-18(24)14-25-17-11-9-15(10-12-17)13-21-23-19(27)22-16-7-5-4-6-8-16/h4-13H,14H2,1-3H3,(H2,22,23,27)/b21-13-. The largest absolute Gasteiger partial charge is 0.482 e. The Kier molecular flexibility index (Phi) is 7.31. The van der Waals surface area contributed by atoms with Crippen LogP contribution in [0.2, 0.25) is 0 Å². The zero-order valence-corrected chi connectivity index (χ0v) is 16.4. The van der Waals surface area contributed by atoms with Gasteiger partial charge >= 0.3 is 5.97 Å². The molecule has 0 aromatic heterocycles. The highest BCUT2D eigenvalue weighted by molar-refractivity contribution is 7.80. The zero-order chi connectivity index (χ0) is 19.7. The van der Waals surface area contributed by atoms with Gasteiger partial charge in [0.2, 0.25) is 0 Å². The Bertz CT molecular complexity index is 784. The van der Waals surface area contributed by atoms with Crippen molar-refractivity contribution in [1.29, 1.82) is 0 Å². The molecule has 0 bridgehead atoms. The number of nitrogens with one attached hydrogen (secondary N) is 2. The maximum Gasteiger partial charge on any atom is 0.344 e. The minimum Gasteiger partial charge on any atom is -0.482 e. The molecule has 0 saturated carbocycles. The fraction of sp³-hybridized carbons (Fsp3) is 0.250. The molecule has 2 rings (SSSR count). The summed E-state index contributed by atoms with van der Waals surface area (Å²) in [5.74, 6) is 0.170. The maximum absolute atomic E-state index is 11.6. The van der Waals surface area contributed by atoms with Crippen molar-refractivity contribution >= 4 is 35.2 Å². The smallest absolute Gasteiger partial charge is 0.344 e. The van der Waals surface area contributed by atoms with Gasteiger partial charge in [-0.2, -0.15) is 5.10 Å². The SMILES string of the molecule is CC(C)(C)OC(=O)COc1ccc(/C=N\NC(=S)Nc2ccccc2)cc1. The van der Waals surface area contributed by atoms with Crippen molar-refractivity contribution in [3.8, 4) is 5.75 Å². The number of thiocarbonyl (C=S) groups is 1. The molecule has 0 aliphatic carbocycles. The van der Waals surface area contributed by atoms with E-state index in [4.69, 9.17) is 21.7 Å². The van der Waals surface area contributed by atoms with Crippen LogP contribution in [0.4, 0.5) is 5.69 Å². The second-order valence-corrected chi connectivity index (χ2v) is 7.04. The molecule has 0 aliphatic heterocycles. The van der Waals surface area contributed by atoms with Crippen molar-refractivity contribution in [3.63, 3.8) is 0 Å². The lowest BCUT2D eigenvalue weighted by molar-refractivity contribution is -0.157. The Morgan fingerprint density at radius 2 is 1.78 bits per heavy atom. The average Bonchev–Trinajstić information content (AvgIpc) is 2.60. The molecule has 142 valence electrons. The summed E-state index contributed by atoms with van der Waals surface area (Å²) in [5.41, 5.74) is 3.97. The van der Waals surface area contributed by atoms with Gasteiger partial charge in [-0.15, -0.1) is 0 Å². The molecule has 2 aromatic carbocycles. The molecule has 0 spiro atoms. The summed E-state index contributed by atoms with van der Waals surface area (Å²) in [7, 11) is 0. The molecule has 7 heteroatoms. The van der Waals surface area contributed by atoms with Crippen LogP contribution in [-0.4, -0.2) is 29.5 Å². The Morgan fingerprint density at radius 1 is 1.11 bits per heavy atom. The monoisotopic (exact) mass is 385 g/mol. The number of nitrogens with zero attached hydrogens (tertiary/aromatic N) is 1. The molecule has 0 aliphatic rings. The van der Waals surface area contributed by atoms with Crippen LogP contribution in [0.25, 0.3) is 0 Å². The molecule has 0 atom stereocenters. The third-order valence-electron chi connectivity index (χ3n) is 3.07. The third kappa shape index (κ3) is 8.33. The number of ether oxygens (including phenoxy) is 2. The van der Waals surface area contributed by atoms with Crippen molar-refractivity contribution < 1.29 is 14.3 Å². The van der Waals surface area contributed by atoms with E-state index in [1.54, 1.807) is 18.3 Å². The zero-order valence-electron chi connectivity index (χ0n) is 15.6. The summed E-state index contributed by atoms with van der Waals surface area (Å²) in [5, 5.41) is 7.51. The van der Waals surface area contributed by atoms with Gasteiger partial charge in [-0.1, -0.05) is 18.2 Å². The maximum atomic E-state index is 11.6. The van der Waals surface area contributed by atoms with Gasteiger partial charge in [0.1, 0.15) is 11.4 Å². The second-order valence-electron chi connectivity index (χ2n) is 6.63. The first-order chi connectivity index (χ1) is 12.8. The van der Waals surface area contributed by atoms with Gasteiger partial charge in [-0.3, -0.25) is 5.43 Å². The normalized spacial score (nSPS) is 11.1. The van der Waals surface area contributed by atoms with Crippen molar-refractivity contribution in [2.75, 3.05) is 11.9 Å². The predicted octanol–water partition coefficient (Wildman–Crippen LogP) is 3.73. The van der Waals surface area contributed by atoms with Gasteiger partial charge in [0.25, 0.3) is 0 Å². The van der Waals surface area contributed by atoms with Crippen LogP contribution in [0, 0.1) is 0 Å². The van der Waals surface area contributed by atoms with Crippen LogP contribution < -0.4 is 15.5 Å². The molecule has 6 nitrogen and oxygen atoms in total. The van der Waals surface area contributed by atoms with E-state index in [0.717, 1.165) is 11.3 Å². The van der Waals surface area contributed by atoms with E-state index in [1.165, 1.54) is 0 Å². The van der Waals surface area contributed by atoms with E-state index < -0.39 is 11.6 Å². The van der Waals surface area contributed by atoms with Crippen molar-refractivity contribution in [1.82, 2.24) is 5.43 Å². The minimum absolute atomic E-state index is 0.133. The lowest BCUT2D eigenvalue weighted by Gasteiger charge is -2.19. The van der Waals surface area contributed by atoms with E-state index in [0.29, 0.717) is 10.9 Å². The van der Waals surface area contributed by atoms with Crippen LogP contribution in [-0.2, 0) is 9.53 Å². The number of anilines is 1. The Morgan fingerprint density at radius 3 is 2.41 bits per heavy atom. The average molecular weight is 385 g/mol. The quantitative estimate of drug-likeness (QED) is 0.342. The van der Waals surface area contributed by atoms with Crippen molar-refractivity contribution in [2.45, 2.75) is 26.4 Å². The molecule has 27 heavy (non-hydrogen) atoms. The fourth-order valence-electron chi connectivity index (χ4n) is 2.01. The first-order valence-electron chi connectivity index (χ1n) is 8.42. The van der Waals surface area contributed by atoms with Gasteiger partial charge in [-0.25, -0.2) is 4.79 Å². The molecular weight excluding hydrogens is 362 g/mol. The van der Waals surface area contributed by atoms with Gasteiger partial charge in [0.05, 0.1) is 6.21 Å². The van der Waals surface area contributed by atoms with E-state index in [2.05, 4.69) is 15.8 Å². The molecule has 0 unspecified atom stereocenters. The van der Waals surface area contributed by atoms with E-state index in [-0.39, 0.29) is 6.61 Å². The summed E-state index contributed by atoms with van der Waals surface area (Å²) in [6, 6.07) is 16.7. The minimum atomic E-state index is -0.524. The van der Waals surface area contributed by atoms with E-state index >= 15 is 0 Å². The number of para-hydroxylation sites is 1. The predicted molar refractivity (Wildman–Crippen MR) is 111 cm³/mol. The molecule has 2 aromatic rings. The highest BCUT2D eigenvalue weighted by Gasteiger charge is 2.16. The second kappa shape index (κ2) is 9.68. The summed E-state index contributed by atoms with van der Waals surface area (Å²) >= 11 is 5.17. The third-order valence-corrected chi connectivity index (χ3v) is 3.26. The number of carbonyl (C=O) groups excluding carboxylic acids is 1. The Hall–Kier alpha value is -2.93. The number of rotatable bonds is 6. The number of hydrogen-bond acceptors (Lipinski definition) is 5. The lowest BCUT2D eigenvalue weighted by Crippen LogP contribution is -2.27. The summed E-state index contributed by atoms with van der Waals surface area (Å²) < 4.78 is 10.6. The highest BCUT2D eigenvalue weighted by atomic mass is 32.1. The Balaban J connectivity index is 1.77. The highest BCUT2D eigenvalue weighted by Crippen LogP contribution is 2.12. The summed E-state index contributed by atoms with van der Waals surface area (Å²) in [6.45, 7) is 5.31. The van der Waals surface area contributed by atoms with Crippen LogP contribution in [0.3, 0.4) is 0 Å². The van der Waals surface area contributed by atoms with Crippen LogP contribution >= 0.6 is 12.2 Å². The van der Waals surface area contributed by atoms with Crippen molar-refractivity contribution in [3.05, 3.63) is 60.2 Å². The molecule has 0 fully saturated rings. The van der Waals surface area contributed by atoms with Gasteiger partial charge in [-0.05, 0) is 75.0 Å².